The SMILES string of the molecule is O=C(c1nnco1)N1CC2CNCC(C2)C1. The zero-order chi connectivity index (χ0) is 11.0. The zero-order valence-corrected chi connectivity index (χ0v) is 8.93. The summed E-state index contributed by atoms with van der Waals surface area (Å²) in [6.45, 7) is 3.60. The van der Waals surface area contributed by atoms with Crippen LogP contribution in [0.25, 0.3) is 0 Å². The highest BCUT2D eigenvalue weighted by Gasteiger charge is 2.34. The molecule has 6 nitrogen and oxygen atoms in total. The highest BCUT2D eigenvalue weighted by atomic mass is 16.4. The summed E-state index contributed by atoms with van der Waals surface area (Å²) in [4.78, 5) is 13.8. The Morgan fingerprint density at radius 1 is 1.44 bits per heavy atom. The second kappa shape index (κ2) is 3.86. The summed E-state index contributed by atoms with van der Waals surface area (Å²) in [7, 11) is 0. The van der Waals surface area contributed by atoms with Gasteiger partial charge in [-0.1, -0.05) is 0 Å². The molecule has 1 N–H and O–H groups in total. The van der Waals surface area contributed by atoms with Gasteiger partial charge in [-0.2, -0.15) is 0 Å². The summed E-state index contributed by atoms with van der Waals surface area (Å²) in [5.41, 5.74) is 0. The molecule has 0 saturated carbocycles. The maximum atomic E-state index is 12.0. The number of nitrogens with zero attached hydrogens (tertiary/aromatic N) is 3. The molecule has 2 fully saturated rings. The Labute approximate surface area is 93.0 Å². The molecular formula is C10H14N4O2. The third-order valence-electron chi connectivity index (χ3n) is 3.32. The van der Waals surface area contributed by atoms with Gasteiger partial charge in [0.25, 0.3) is 0 Å². The van der Waals surface area contributed by atoms with E-state index < -0.39 is 0 Å². The van der Waals surface area contributed by atoms with Crippen LogP contribution in [0.1, 0.15) is 17.1 Å². The zero-order valence-electron chi connectivity index (χ0n) is 8.93. The maximum Gasteiger partial charge on any atom is 0.311 e. The monoisotopic (exact) mass is 222 g/mol. The highest BCUT2D eigenvalue weighted by Crippen LogP contribution is 2.25. The Hall–Kier alpha value is -1.43. The molecule has 6 heteroatoms. The normalized spacial score (nSPS) is 29.1. The lowest BCUT2D eigenvalue weighted by Crippen LogP contribution is -2.52. The van der Waals surface area contributed by atoms with Gasteiger partial charge < -0.3 is 14.6 Å². The molecule has 0 spiro atoms. The minimum atomic E-state index is -0.130. The molecule has 1 amide bonds. The number of amides is 1. The van der Waals surface area contributed by atoms with Gasteiger partial charge in [0.05, 0.1) is 0 Å². The first-order valence-corrected chi connectivity index (χ1v) is 5.59. The van der Waals surface area contributed by atoms with E-state index in [9.17, 15) is 4.79 Å². The van der Waals surface area contributed by atoms with Gasteiger partial charge in [-0.15, -0.1) is 10.2 Å². The smallest absolute Gasteiger partial charge is 0.311 e. The number of carbonyl (C=O) groups is 1. The summed E-state index contributed by atoms with van der Waals surface area (Å²) < 4.78 is 4.94. The van der Waals surface area contributed by atoms with E-state index in [1.165, 1.54) is 12.8 Å². The van der Waals surface area contributed by atoms with Gasteiger partial charge in [0.2, 0.25) is 6.39 Å². The molecule has 3 heterocycles. The lowest BCUT2D eigenvalue weighted by molar-refractivity contribution is 0.0500. The van der Waals surface area contributed by atoms with E-state index in [0.717, 1.165) is 26.2 Å². The minimum Gasteiger partial charge on any atom is -0.420 e. The molecule has 86 valence electrons. The van der Waals surface area contributed by atoms with Crippen LogP contribution in [-0.4, -0.2) is 47.2 Å². The highest BCUT2D eigenvalue weighted by molar-refractivity contribution is 5.89. The van der Waals surface area contributed by atoms with Crippen molar-refractivity contribution in [3.05, 3.63) is 12.3 Å². The van der Waals surface area contributed by atoms with Crippen LogP contribution in [-0.2, 0) is 0 Å². The number of nitrogens with one attached hydrogen (secondary N) is 1. The Bertz CT molecular complexity index is 366. The number of piperidine rings is 2. The second-order valence-corrected chi connectivity index (χ2v) is 4.58. The summed E-state index contributed by atoms with van der Waals surface area (Å²) in [5.74, 6) is 1.11. The van der Waals surface area contributed by atoms with E-state index in [1.807, 2.05) is 4.90 Å². The Morgan fingerprint density at radius 3 is 2.81 bits per heavy atom. The summed E-state index contributed by atoms with van der Waals surface area (Å²) in [6, 6.07) is 0. The standard InChI is InChI=1S/C10H14N4O2/c15-10(9-13-12-6-16-9)14-4-7-1-8(5-14)3-11-2-7/h6-8,11H,1-5H2. The fourth-order valence-corrected chi connectivity index (χ4v) is 2.67. The number of likely N-dealkylation sites (tertiary alicyclic amines) is 1. The number of aromatic nitrogens is 2. The molecule has 2 bridgehead atoms. The van der Waals surface area contributed by atoms with Gasteiger partial charge in [0, 0.05) is 13.1 Å². The van der Waals surface area contributed by atoms with Gasteiger partial charge in [-0.3, -0.25) is 4.79 Å². The van der Waals surface area contributed by atoms with Gasteiger partial charge in [0.15, 0.2) is 0 Å². The van der Waals surface area contributed by atoms with Gasteiger partial charge in [-0.25, -0.2) is 0 Å². The average molecular weight is 222 g/mol. The largest absolute Gasteiger partial charge is 0.420 e. The van der Waals surface area contributed by atoms with Crippen molar-refractivity contribution in [1.82, 2.24) is 20.4 Å². The molecule has 0 aliphatic carbocycles. The van der Waals surface area contributed by atoms with Crippen LogP contribution in [0.5, 0.6) is 0 Å². The third kappa shape index (κ3) is 1.69. The fraction of sp³-hybridized carbons (Fsp3) is 0.700. The van der Waals surface area contributed by atoms with Crippen LogP contribution in [0.2, 0.25) is 0 Å². The van der Waals surface area contributed by atoms with Crippen LogP contribution in [0.4, 0.5) is 0 Å². The van der Waals surface area contributed by atoms with Gasteiger partial charge in [0.1, 0.15) is 0 Å². The fourth-order valence-electron chi connectivity index (χ4n) is 2.67. The number of hydrogen-bond donors (Lipinski definition) is 1. The van der Waals surface area contributed by atoms with Crippen molar-refractivity contribution in [2.75, 3.05) is 26.2 Å². The summed E-state index contributed by atoms with van der Waals surface area (Å²) >= 11 is 0. The molecule has 1 aromatic rings. The van der Waals surface area contributed by atoms with Crippen molar-refractivity contribution in [1.29, 1.82) is 0 Å². The topological polar surface area (TPSA) is 71.3 Å². The van der Waals surface area contributed by atoms with Crippen molar-refractivity contribution in [2.24, 2.45) is 11.8 Å². The first-order chi connectivity index (χ1) is 7.83. The first-order valence-electron chi connectivity index (χ1n) is 5.59. The lowest BCUT2D eigenvalue weighted by Gasteiger charge is -2.41. The van der Waals surface area contributed by atoms with Crippen molar-refractivity contribution < 1.29 is 9.21 Å². The first kappa shape index (κ1) is 9.77. The molecule has 2 aliphatic rings. The van der Waals surface area contributed by atoms with E-state index in [0.29, 0.717) is 11.8 Å². The van der Waals surface area contributed by atoms with Crippen molar-refractivity contribution in [2.45, 2.75) is 6.42 Å². The van der Waals surface area contributed by atoms with Crippen molar-refractivity contribution in [3.63, 3.8) is 0 Å². The van der Waals surface area contributed by atoms with Gasteiger partial charge in [-0.05, 0) is 31.3 Å². The molecule has 2 atom stereocenters. The third-order valence-corrected chi connectivity index (χ3v) is 3.32. The molecule has 16 heavy (non-hydrogen) atoms. The van der Waals surface area contributed by atoms with E-state index in [4.69, 9.17) is 4.42 Å². The van der Waals surface area contributed by atoms with Crippen LogP contribution in [0.15, 0.2) is 10.8 Å². The number of carbonyl (C=O) groups excluding carboxylic acids is 1. The quantitative estimate of drug-likeness (QED) is 0.709. The predicted molar refractivity (Wildman–Crippen MR) is 54.7 cm³/mol. The van der Waals surface area contributed by atoms with Crippen LogP contribution in [0, 0.1) is 11.8 Å². The second-order valence-electron chi connectivity index (χ2n) is 4.58. The number of hydrogen-bond acceptors (Lipinski definition) is 5. The number of rotatable bonds is 1. The lowest BCUT2D eigenvalue weighted by atomic mass is 9.86. The van der Waals surface area contributed by atoms with E-state index in [1.54, 1.807) is 0 Å². The van der Waals surface area contributed by atoms with Gasteiger partial charge >= 0.3 is 11.8 Å². The Balaban J connectivity index is 1.73. The maximum absolute atomic E-state index is 12.0. The Kier molecular flexibility index (Phi) is 2.36. The molecule has 2 aliphatic heterocycles. The summed E-state index contributed by atoms with van der Waals surface area (Å²) in [5, 5.41) is 10.6. The van der Waals surface area contributed by atoms with E-state index in [2.05, 4.69) is 15.5 Å². The average Bonchev–Trinajstić information content (AvgIpc) is 2.81. The molecule has 0 aromatic carbocycles. The predicted octanol–water partition coefficient (Wildman–Crippen LogP) is -0.249. The van der Waals surface area contributed by atoms with Crippen molar-refractivity contribution in [3.8, 4) is 0 Å². The molecular weight excluding hydrogens is 208 g/mol. The van der Waals surface area contributed by atoms with E-state index in [-0.39, 0.29) is 11.8 Å². The minimum absolute atomic E-state index is 0.105. The van der Waals surface area contributed by atoms with Crippen LogP contribution in [0.3, 0.4) is 0 Å². The molecule has 0 radical (unpaired) electrons. The molecule has 1 aromatic heterocycles. The summed E-state index contributed by atoms with van der Waals surface area (Å²) in [6.07, 6.45) is 2.42. The molecule has 2 unspecified atom stereocenters. The number of fused-ring (bicyclic) bond motifs is 2. The molecule has 3 rings (SSSR count). The molecule has 2 saturated heterocycles. The Morgan fingerprint density at radius 2 is 2.19 bits per heavy atom. The van der Waals surface area contributed by atoms with E-state index >= 15 is 0 Å². The van der Waals surface area contributed by atoms with Crippen LogP contribution >= 0.6 is 0 Å². The van der Waals surface area contributed by atoms with Crippen LogP contribution < -0.4 is 5.32 Å². The van der Waals surface area contributed by atoms with Crippen molar-refractivity contribution >= 4 is 5.91 Å².